The number of pyridine rings is 1. The van der Waals surface area contributed by atoms with Crippen molar-refractivity contribution in [3.8, 4) is 28.3 Å². The van der Waals surface area contributed by atoms with Crippen LogP contribution in [0.4, 0.5) is 13.2 Å². The molecule has 6 rings (SSSR count). The largest absolute Gasteiger partial charge is 0.489 e. The molecule has 44 heavy (non-hydrogen) atoms. The Balaban J connectivity index is 1.29. The zero-order chi connectivity index (χ0) is 30.7. The van der Waals surface area contributed by atoms with Gasteiger partial charge in [-0.05, 0) is 70.6 Å². The number of rotatable bonds is 9. The molecule has 0 radical (unpaired) electrons. The fraction of sp³-hybridized carbons (Fsp3) is 0.114. The normalized spacial score (nSPS) is 11.5. The third kappa shape index (κ3) is 6.32. The molecule has 0 bridgehead atoms. The maximum Gasteiger partial charge on any atom is 0.418 e. The minimum Gasteiger partial charge on any atom is -0.489 e. The first kappa shape index (κ1) is 28.7. The van der Waals surface area contributed by atoms with Gasteiger partial charge in [-0.15, -0.1) is 0 Å². The molecule has 6 aromatic rings. The summed E-state index contributed by atoms with van der Waals surface area (Å²) in [6.45, 7) is 0.222. The number of fused-ring (bicyclic) bond motifs is 1. The Bertz CT molecular complexity index is 1930. The molecule has 1 N–H and O–H groups in total. The van der Waals surface area contributed by atoms with E-state index in [-0.39, 0.29) is 18.5 Å². The van der Waals surface area contributed by atoms with E-state index in [2.05, 4.69) is 9.97 Å². The summed E-state index contributed by atoms with van der Waals surface area (Å²) in [5, 5.41) is 9.37. The van der Waals surface area contributed by atoms with Gasteiger partial charge in [0.15, 0.2) is 0 Å². The molecule has 4 aromatic carbocycles. The van der Waals surface area contributed by atoms with Crippen molar-refractivity contribution in [2.24, 2.45) is 0 Å². The summed E-state index contributed by atoms with van der Waals surface area (Å²) in [5.74, 6) is -0.0938. The van der Waals surface area contributed by atoms with Crippen molar-refractivity contribution in [2.45, 2.75) is 25.6 Å². The molecule has 2 aromatic heterocycles. The fourth-order valence-electron chi connectivity index (χ4n) is 5.14. The van der Waals surface area contributed by atoms with Gasteiger partial charge in [0.05, 0.1) is 23.2 Å². The van der Waals surface area contributed by atoms with E-state index in [0.29, 0.717) is 40.3 Å². The topological polar surface area (TPSA) is 85.5 Å². The average molecular weight is 595 g/mol. The second-order valence-corrected chi connectivity index (χ2v) is 10.2. The van der Waals surface area contributed by atoms with E-state index < -0.39 is 17.7 Å². The highest BCUT2D eigenvalue weighted by Crippen LogP contribution is 2.39. The van der Waals surface area contributed by atoms with Crippen molar-refractivity contribution in [1.29, 1.82) is 0 Å². The van der Waals surface area contributed by atoms with Crippen LogP contribution in [0.2, 0.25) is 0 Å². The zero-order valence-electron chi connectivity index (χ0n) is 23.2. The van der Waals surface area contributed by atoms with Gasteiger partial charge in [0, 0.05) is 17.1 Å². The van der Waals surface area contributed by atoms with E-state index in [9.17, 15) is 18.0 Å². The number of aromatic nitrogens is 2. The van der Waals surface area contributed by atoms with Crippen LogP contribution < -0.4 is 4.74 Å². The number of benzene rings is 4. The minimum atomic E-state index is -4.54. The number of carboxylic acids is 1. The second-order valence-electron chi connectivity index (χ2n) is 10.2. The highest BCUT2D eigenvalue weighted by molar-refractivity contribution is 5.98. The Hall–Kier alpha value is -5.44. The third-order valence-corrected chi connectivity index (χ3v) is 7.13. The lowest BCUT2D eigenvalue weighted by atomic mass is 9.91. The Morgan fingerprint density at radius 3 is 2.36 bits per heavy atom. The molecule has 0 saturated carbocycles. The molecule has 220 valence electrons. The summed E-state index contributed by atoms with van der Waals surface area (Å²) in [7, 11) is 0. The first-order valence-corrected chi connectivity index (χ1v) is 13.7. The fourth-order valence-corrected chi connectivity index (χ4v) is 5.14. The summed E-state index contributed by atoms with van der Waals surface area (Å²) in [6.07, 6.45) is -1.39. The first-order valence-electron chi connectivity index (χ1n) is 13.7. The molecule has 2 heterocycles. The van der Waals surface area contributed by atoms with Gasteiger partial charge in [-0.2, -0.15) is 13.2 Å². The average Bonchev–Trinajstić information content (AvgIpc) is 3.48. The van der Waals surface area contributed by atoms with Gasteiger partial charge in [0.25, 0.3) is 0 Å². The standard InChI is InChI=1S/C35H25F3N2O4/c36-35(37,38)30-11-5-10-29-32(26(19-39-33(29)30)16-22-6-2-1-3-7-22)25-9-4-8-23(17-25)20-43-28-14-12-24(13-15-28)34-40-27(21-44-34)18-31(41)42/h1-15,17,19,21H,16,18,20H2,(H,41,42). The van der Waals surface area contributed by atoms with E-state index in [4.69, 9.17) is 14.3 Å². The van der Waals surface area contributed by atoms with E-state index in [1.165, 1.54) is 12.3 Å². The summed E-state index contributed by atoms with van der Waals surface area (Å²) >= 11 is 0. The first-order chi connectivity index (χ1) is 21.2. The Morgan fingerprint density at radius 2 is 1.61 bits per heavy atom. The molecule has 6 nitrogen and oxygen atoms in total. The van der Waals surface area contributed by atoms with Crippen molar-refractivity contribution >= 4 is 16.9 Å². The number of para-hydroxylation sites is 1. The number of aliphatic carboxylic acids is 1. The molecule has 0 saturated heterocycles. The highest BCUT2D eigenvalue weighted by Gasteiger charge is 2.33. The van der Waals surface area contributed by atoms with Crippen LogP contribution in [0.1, 0.15) is 27.9 Å². The van der Waals surface area contributed by atoms with Gasteiger partial charge >= 0.3 is 12.1 Å². The smallest absolute Gasteiger partial charge is 0.418 e. The van der Waals surface area contributed by atoms with Crippen LogP contribution in [0, 0.1) is 0 Å². The molecular weight excluding hydrogens is 569 g/mol. The molecule has 0 aliphatic rings. The number of carbonyl (C=O) groups is 1. The van der Waals surface area contributed by atoms with Gasteiger partial charge in [-0.3, -0.25) is 9.78 Å². The summed E-state index contributed by atoms with van der Waals surface area (Å²) in [5.41, 5.74) is 4.27. The van der Waals surface area contributed by atoms with Crippen molar-refractivity contribution in [3.63, 3.8) is 0 Å². The molecule has 0 aliphatic heterocycles. The van der Waals surface area contributed by atoms with Gasteiger partial charge in [0.2, 0.25) is 5.89 Å². The lowest BCUT2D eigenvalue weighted by molar-refractivity contribution is -0.137. The molecule has 0 fully saturated rings. The number of ether oxygens (including phenoxy) is 1. The maximum atomic E-state index is 13.9. The minimum absolute atomic E-state index is 0.0883. The van der Waals surface area contributed by atoms with Crippen molar-refractivity contribution in [3.05, 3.63) is 137 Å². The van der Waals surface area contributed by atoms with Gasteiger partial charge in [-0.25, -0.2) is 4.98 Å². The van der Waals surface area contributed by atoms with Crippen LogP contribution in [0.15, 0.2) is 114 Å². The monoisotopic (exact) mass is 594 g/mol. The molecule has 0 spiro atoms. The zero-order valence-corrected chi connectivity index (χ0v) is 23.2. The molecule has 0 amide bonds. The summed E-state index contributed by atoms with van der Waals surface area (Å²) in [6, 6.07) is 28.5. The maximum absolute atomic E-state index is 13.9. The quantitative estimate of drug-likeness (QED) is 0.181. The number of hydrogen-bond acceptors (Lipinski definition) is 5. The van der Waals surface area contributed by atoms with E-state index in [0.717, 1.165) is 28.3 Å². The van der Waals surface area contributed by atoms with E-state index >= 15 is 0 Å². The van der Waals surface area contributed by atoms with E-state index in [1.54, 1.807) is 36.5 Å². The Kier molecular flexibility index (Phi) is 7.85. The SMILES string of the molecule is O=C(O)Cc1coc(-c2ccc(OCc3cccc(-c4c(Cc5ccccc5)cnc5c(C(F)(F)F)cccc45)c3)cc2)n1. The lowest BCUT2D eigenvalue weighted by Gasteiger charge is -2.17. The van der Waals surface area contributed by atoms with Crippen LogP contribution in [0.25, 0.3) is 33.5 Å². The second kappa shape index (κ2) is 12.0. The van der Waals surface area contributed by atoms with Crippen LogP contribution in [-0.2, 0) is 30.4 Å². The molecule has 0 unspecified atom stereocenters. The lowest BCUT2D eigenvalue weighted by Crippen LogP contribution is -2.07. The van der Waals surface area contributed by atoms with Crippen molar-refractivity contribution in [2.75, 3.05) is 0 Å². The number of nitrogens with zero attached hydrogens (tertiary/aromatic N) is 2. The third-order valence-electron chi connectivity index (χ3n) is 7.13. The number of halogens is 3. The van der Waals surface area contributed by atoms with Crippen LogP contribution in [0.3, 0.4) is 0 Å². The van der Waals surface area contributed by atoms with Crippen LogP contribution in [0.5, 0.6) is 5.75 Å². The number of hydrogen-bond donors (Lipinski definition) is 1. The summed E-state index contributed by atoms with van der Waals surface area (Å²) < 4.78 is 53.1. The molecule has 9 heteroatoms. The molecular formula is C35H25F3N2O4. The van der Waals surface area contributed by atoms with Crippen LogP contribution in [-0.4, -0.2) is 21.0 Å². The predicted molar refractivity (Wildman–Crippen MR) is 159 cm³/mol. The molecule has 0 aliphatic carbocycles. The van der Waals surface area contributed by atoms with Gasteiger partial charge < -0.3 is 14.3 Å². The van der Waals surface area contributed by atoms with Gasteiger partial charge in [0.1, 0.15) is 18.6 Å². The van der Waals surface area contributed by atoms with Crippen LogP contribution >= 0.6 is 0 Å². The Labute approximate surface area is 250 Å². The number of oxazole rings is 1. The van der Waals surface area contributed by atoms with Gasteiger partial charge in [-0.1, -0.05) is 60.7 Å². The van der Waals surface area contributed by atoms with Crippen molar-refractivity contribution in [1.82, 2.24) is 9.97 Å². The van der Waals surface area contributed by atoms with Crippen molar-refractivity contribution < 1.29 is 32.2 Å². The molecule has 0 atom stereocenters. The number of alkyl halides is 3. The predicted octanol–water partition coefficient (Wildman–Crippen LogP) is 8.37. The summed E-state index contributed by atoms with van der Waals surface area (Å²) in [4.78, 5) is 19.4. The number of carboxylic acid groups (broad SMARTS) is 1. The highest BCUT2D eigenvalue weighted by atomic mass is 19.4. The van der Waals surface area contributed by atoms with E-state index in [1.807, 2.05) is 54.6 Å². The Morgan fingerprint density at radius 1 is 0.864 bits per heavy atom.